The van der Waals surface area contributed by atoms with Gasteiger partial charge in [-0.25, -0.2) is 0 Å². The van der Waals surface area contributed by atoms with Gasteiger partial charge in [0, 0.05) is 33.4 Å². The van der Waals surface area contributed by atoms with E-state index in [0.717, 1.165) is 0 Å². The monoisotopic (exact) mass is 212 g/mol. The van der Waals surface area contributed by atoms with Gasteiger partial charge in [-0.05, 0) is 0 Å². The molecule has 0 aliphatic rings. The molecule has 3 amide bonds. The van der Waals surface area contributed by atoms with Gasteiger partial charge in [-0.2, -0.15) is 0 Å². The predicted molar refractivity (Wildman–Crippen MR) is 55.9 cm³/mol. The van der Waals surface area contributed by atoms with Crippen molar-refractivity contribution in [3.63, 3.8) is 0 Å². The summed E-state index contributed by atoms with van der Waals surface area (Å²) in [7, 11) is 1.63. The lowest BCUT2D eigenvalue weighted by molar-refractivity contribution is -0.134. The van der Waals surface area contributed by atoms with E-state index >= 15 is 0 Å². The molecule has 5 nitrogen and oxygen atoms in total. The molecule has 0 atom stereocenters. The molecule has 0 aromatic carbocycles. The summed E-state index contributed by atoms with van der Waals surface area (Å²) in [6.07, 6.45) is 1.73. The van der Waals surface area contributed by atoms with Gasteiger partial charge in [-0.1, -0.05) is 6.08 Å². The van der Waals surface area contributed by atoms with E-state index in [2.05, 4.69) is 11.9 Å². The van der Waals surface area contributed by atoms with E-state index in [1.165, 1.54) is 11.8 Å². The second-order valence-corrected chi connectivity index (χ2v) is 3.17. The molecule has 0 heterocycles. The number of carbonyl (C=O) groups is 3. The van der Waals surface area contributed by atoms with E-state index in [1.807, 2.05) is 0 Å². The first-order valence-corrected chi connectivity index (χ1v) is 4.62. The average Bonchev–Trinajstić information content (AvgIpc) is 2.13. The summed E-state index contributed by atoms with van der Waals surface area (Å²) in [6.45, 7) is 5.20. The molecule has 0 unspecified atom stereocenters. The van der Waals surface area contributed by atoms with Crippen LogP contribution in [-0.2, 0) is 14.4 Å². The van der Waals surface area contributed by atoms with E-state index < -0.39 is 11.8 Å². The quantitative estimate of drug-likeness (QED) is 0.656. The fourth-order valence-electron chi connectivity index (χ4n) is 0.966. The van der Waals surface area contributed by atoms with Crippen molar-refractivity contribution < 1.29 is 14.4 Å². The van der Waals surface area contributed by atoms with Gasteiger partial charge in [-0.3, -0.25) is 19.7 Å². The van der Waals surface area contributed by atoms with Crippen LogP contribution in [0.1, 0.15) is 19.8 Å². The maximum absolute atomic E-state index is 11.3. The molecule has 0 aliphatic heterocycles. The Morgan fingerprint density at radius 3 is 2.40 bits per heavy atom. The molecule has 0 radical (unpaired) electrons. The minimum Gasteiger partial charge on any atom is -0.342 e. The van der Waals surface area contributed by atoms with Gasteiger partial charge >= 0.3 is 0 Å². The Balaban J connectivity index is 3.84. The summed E-state index contributed by atoms with van der Waals surface area (Å²) in [4.78, 5) is 34.3. The number of hydrogen-bond acceptors (Lipinski definition) is 3. The van der Waals surface area contributed by atoms with Gasteiger partial charge in [0.15, 0.2) is 0 Å². The molecule has 0 aliphatic carbocycles. The van der Waals surface area contributed by atoms with Crippen LogP contribution in [0.3, 0.4) is 0 Å². The Bertz CT molecular complexity index is 274. The lowest BCUT2D eigenvalue weighted by Gasteiger charge is -2.14. The van der Waals surface area contributed by atoms with E-state index in [4.69, 9.17) is 0 Å². The van der Waals surface area contributed by atoms with Crippen LogP contribution in [0.25, 0.3) is 0 Å². The van der Waals surface area contributed by atoms with Crippen LogP contribution in [0.5, 0.6) is 0 Å². The number of hydrogen-bond donors (Lipinski definition) is 1. The maximum Gasteiger partial charge on any atom is 0.227 e. The average molecular weight is 212 g/mol. The maximum atomic E-state index is 11.3. The first kappa shape index (κ1) is 13.4. The first-order chi connectivity index (χ1) is 6.97. The third kappa shape index (κ3) is 6.42. The van der Waals surface area contributed by atoms with Crippen molar-refractivity contribution in [2.45, 2.75) is 19.8 Å². The Kier molecular flexibility index (Phi) is 6.01. The number of nitrogens with one attached hydrogen (secondary N) is 1. The summed E-state index contributed by atoms with van der Waals surface area (Å²) in [5.74, 6) is -0.983. The van der Waals surface area contributed by atoms with Gasteiger partial charge in [0.1, 0.15) is 0 Å². The van der Waals surface area contributed by atoms with Crippen LogP contribution in [0.4, 0.5) is 0 Å². The number of likely N-dealkylation sites (N-methyl/N-ethyl adjacent to an activating group) is 1. The van der Waals surface area contributed by atoms with E-state index in [9.17, 15) is 14.4 Å². The van der Waals surface area contributed by atoms with Crippen LogP contribution >= 0.6 is 0 Å². The summed E-state index contributed by atoms with van der Waals surface area (Å²) in [6, 6.07) is 0. The number of carbonyl (C=O) groups excluding carboxylic acids is 3. The Morgan fingerprint density at radius 1 is 1.33 bits per heavy atom. The normalized spacial score (nSPS) is 9.20. The van der Waals surface area contributed by atoms with Crippen LogP contribution in [0.2, 0.25) is 0 Å². The number of amides is 3. The molecule has 0 aromatic rings. The molecule has 0 spiro atoms. The summed E-state index contributed by atoms with van der Waals surface area (Å²) < 4.78 is 0. The van der Waals surface area contributed by atoms with Gasteiger partial charge < -0.3 is 4.90 Å². The first-order valence-electron chi connectivity index (χ1n) is 4.62. The second-order valence-electron chi connectivity index (χ2n) is 3.17. The highest BCUT2D eigenvalue weighted by Crippen LogP contribution is 1.95. The largest absolute Gasteiger partial charge is 0.342 e. The zero-order valence-corrected chi connectivity index (χ0v) is 9.08. The SMILES string of the molecule is C=CCN(C)C(=O)CCC(=O)NC(C)=O. The van der Waals surface area contributed by atoms with Crippen LogP contribution in [0, 0.1) is 0 Å². The van der Waals surface area contributed by atoms with Crippen molar-refractivity contribution in [3.8, 4) is 0 Å². The van der Waals surface area contributed by atoms with Crippen LogP contribution in [-0.4, -0.2) is 36.2 Å². The van der Waals surface area contributed by atoms with Gasteiger partial charge in [-0.15, -0.1) is 6.58 Å². The third-order valence-corrected chi connectivity index (χ3v) is 1.71. The molecule has 0 saturated carbocycles. The summed E-state index contributed by atoms with van der Waals surface area (Å²) >= 11 is 0. The number of rotatable bonds is 5. The van der Waals surface area contributed by atoms with Gasteiger partial charge in [0.25, 0.3) is 0 Å². The number of nitrogens with zero attached hydrogens (tertiary/aromatic N) is 1. The second kappa shape index (κ2) is 6.75. The minimum absolute atomic E-state index is 0.0277. The molecule has 0 fully saturated rings. The summed E-state index contributed by atoms with van der Waals surface area (Å²) in [5, 5.41) is 2.10. The highest BCUT2D eigenvalue weighted by atomic mass is 16.2. The molecule has 5 heteroatoms. The van der Waals surface area contributed by atoms with E-state index in [1.54, 1.807) is 13.1 Å². The molecule has 84 valence electrons. The minimum atomic E-state index is -0.428. The van der Waals surface area contributed by atoms with Crippen molar-refractivity contribution in [3.05, 3.63) is 12.7 Å². The topological polar surface area (TPSA) is 66.5 Å². The van der Waals surface area contributed by atoms with Crippen molar-refractivity contribution in [1.82, 2.24) is 10.2 Å². The molecule has 1 N–H and O–H groups in total. The van der Waals surface area contributed by atoms with Crippen molar-refractivity contribution in [2.75, 3.05) is 13.6 Å². The molecule has 0 aromatic heterocycles. The van der Waals surface area contributed by atoms with Crippen LogP contribution in [0.15, 0.2) is 12.7 Å². The smallest absolute Gasteiger partial charge is 0.227 e. The zero-order chi connectivity index (χ0) is 11.8. The van der Waals surface area contributed by atoms with E-state index in [0.29, 0.717) is 6.54 Å². The van der Waals surface area contributed by atoms with Crippen LogP contribution < -0.4 is 5.32 Å². The zero-order valence-electron chi connectivity index (χ0n) is 9.08. The van der Waals surface area contributed by atoms with Crippen molar-refractivity contribution in [1.29, 1.82) is 0 Å². The lowest BCUT2D eigenvalue weighted by Crippen LogP contribution is -2.31. The molecule has 0 saturated heterocycles. The Hall–Kier alpha value is -1.65. The summed E-state index contributed by atoms with van der Waals surface area (Å²) in [5.41, 5.74) is 0. The fraction of sp³-hybridized carbons (Fsp3) is 0.500. The van der Waals surface area contributed by atoms with Crippen molar-refractivity contribution >= 4 is 17.7 Å². The lowest BCUT2D eigenvalue weighted by atomic mass is 10.2. The fourth-order valence-corrected chi connectivity index (χ4v) is 0.966. The van der Waals surface area contributed by atoms with Crippen molar-refractivity contribution in [2.24, 2.45) is 0 Å². The molecule has 0 bridgehead atoms. The highest BCUT2D eigenvalue weighted by Gasteiger charge is 2.10. The Morgan fingerprint density at radius 2 is 1.93 bits per heavy atom. The molecular weight excluding hydrogens is 196 g/mol. The molecular formula is C10H16N2O3. The predicted octanol–water partition coefficient (Wildman–Crippen LogP) is 0.0737. The van der Waals surface area contributed by atoms with Gasteiger partial charge in [0.05, 0.1) is 0 Å². The Labute approximate surface area is 89.1 Å². The third-order valence-electron chi connectivity index (χ3n) is 1.71. The highest BCUT2D eigenvalue weighted by molar-refractivity contribution is 5.95. The van der Waals surface area contributed by atoms with E-state index in [-0.39, 0.29) is 18.7 Å². The molecule has 15 heavy (non-hydrogen) atoms. The molecule has 0 rings (SSSR count). The van der Waals surface area contributed by atoms with Gasteiger partial charge in [0.2, 0.25) is 17.7 Å². The number of imide groups is 1. The standard InChI is InChI=1S/C10H16N2O3/c1-4-7-12(3)10(15)6-5-9(14)11-8(2)13/h4H,1,5-7H2,2-3H3,(H,11,13,14).